The Balaban J connectivity index is 2.02. The van der Waals surface area contributed by atoms with Crippen molar-refractivity contribution in [2.75, 3.05) is 13.6 Å². The fourth-order valence-corrected chi connectivity index (χ4v) is 8.43. The molecule has 0 spiro atoms. The van der Waals surface area contributed by atoms with Crippen LogP contribution in [0.25, 0.3) is 0 Å². The maximum atomic E-state index is 13.4. The molecule has 5 nitrogen and oxygen atoms in total. The molecule has 48 heavy (non-hydrogen) atoms. The third-order valence-electron chi connectivity index (χ3n) is 13.8. The molecular formula is C43H68N2O3. The number of nitrogens with one attached hydrogen (secondary N) is 1. The Morgan fingerprint density at radius 1 is 0.833 bits per heavy atom. The van der Waals surface area contributed by atoms with Crippen molar-refractivity contribution in [1.82, 2.24) is 10.2 Å². The molecule has 1 saturated carbocycles. The first kappa shape index (κ1) is 39.8. The summed E-state index contributed by atoms with van der Waals surface area (Å²) >= 11 is 0. The highest BCUT2D eigenvalue weighted by Crippen LogP contribution is 2.63. The normalized spacial score (nSPS) is 20.9. The van der Waals surface area contributed by atoms with Crippen molar-refractivity contribution >= 4 is 11.9 Å². The lowest BCUT2D eigenvalue weighted by Crippen LogP contribution is -2.51. The minimum absolute atomic E-state index is 0.0187. The Bertz CT molecular complexity index is 1370. The summed E-state index contributed by atoms with van der Waals surface area (Å²) in [5.74, 6) is -0.447. The number of carbonyl (C=O) groups excluding carboxylic acids is 1. The van der Waals surface area contributed by atoms with Crippen molar-refractivity contribution in [3.63, 3.8) is 0 Å². The highest BCUT2D eigenvalue weighted by atomic mass is 16.4. The first-order valence-corrected chi connectivity index (χ1v) is 18.3. The molecule has 5 atom stereocenters. The molecule has 3 rings (SSSR count). The minimum atomic E-state index is -0.753. The molecule has 1 amide bonds. The van der Waals surface area contributed by atoms with Gasteiger partial charge in [0.15, 0.2) is 0 Å². The van der Waals surface area contributed by atoms with Crippen LogP contribution < -0.4 is 5.32 Å². The summed E-state index contributed by atoms with van der Waals surface area (Å²) in [7, 11) is 2.16. The maximum Gasteiger partial charge on any atom is 0.306 e. The van der Waals surface area contributed by atoms with Crippen LogP contribution in [0.4, 0.5) is 0 Å². The van der Waals surface area contributed by atoms with E-state index >= 15 is 0 Å². The van der Waals surface area contributed by atoms with Gasteiger partial charge in [-0.15, -0.1) is 0 Å². The summed E-state index contributed by atoms with van der Waals surface area (Å²) in [5.41, 5.74) is 2.52. The Morgan fingerprint density at radius 2 is 1.35 bits per heavy atom. The SMILES string of the molecule is CCN(C)Cc1ccc(C(CC(C)(C)C(C)(C)C2CC(NC(=O)c3ccccc3)CC2C(C)(C)C(C)(C)C(C)C(=O)O)C(C)(C)C)cc1. The topological polar surface area (TPSA) is 69.6 Å². The number of hydrogen-bond acceptors (Lipinski definition) is 3. The smallest absolute Gasteiger partial charge is 0.306 e. The average molecular weight is 661 g/mol. The molecule has 1 aliphatic carbocycles. The molecule has 0 saturated heterocycles. The largest absolute Gasteiger partial charge is 0.481 e. The summed E-state index contributed by atoms with van der Waals surface area (Å²) in [6.07, 6.45) is 2.74. The quantitative estimate of drug-likeness (QED) is 0.212. The number of aliphatic carboxylic acids is 1. The number of carboxylic acids is 1. The van der Waals surface area contributed by atoms with Crippen molar-refractivity contribution in [2.45, 2.75) is 128 Å². The predicted octanol–water partition coefficient (Wildman–Crippen LogP) is 10.3. The highest BCUT2D eigenvalue weighted by molar-refractivity contribution is 5.94. The molecule has 2 aromatic rings. The number of benzene rings is 2. The number of rotatable bonds is 14. The van der Waals surface area contributed by atoms with E-state index in [9.17, 15) is 14.7 Å². The predicted molar refractivity (Wildman–Crippen MR) is 201 cm³/mol. The zero-order chi connectivity index (χ0) is 36.5. The van der Waals surface area contributed by atoms with E-state index in [0.717, 1.165) is 32.4 Å². The molecule has 5 heteroatoms. The van der Waals surface area contributed by atoms with Gasteiger partial charge in [-0.05, 0) is 101 Å². The van der Waals surface area contributed by atoms with E-state index in [1.54, 1.807) is 0 Å². The van der Waals surface area contributed by atoms with E-state index in [1.165, 1.54) is 11.1 Å². The molecule has 1 fully saturated rings. The van der Waals surface area contributed by atoms with Gasteiger partial charge < -0.3 is 15.3 Å². The summed E-state index contributed by atoms with van der Waals surface area (Å²) < 4.78 is 0. The van der Waals surface area contributed by atoms with Crippen molar-refractivity contribution in [1.29, 1.82) is 0 Å². The fourth-order valence-electron chi connectivity index (χ4n) is 8.43. The van der Waals surface area contributed by atoms with Gasteiger partial charge in [-0.3, -0.25) is 9.59 Å². The van der Waals surface area contributed by atoms with Crippen LogP contribution in [0.2, 0.25) is 0 Å². The second-order valence-corrected chi connectivity index (χ2v) is 18.5. The Hall–Kier alpha value is -2.66. The van der Waals surface area contributed by atoms with Gasteiger partial charge in [0.1, 0.15) is 0 Å². The van der Waals surface area contributed by atoms with E-state index in [1.807, 2.05) is 37.3 Å². The Kier molecular flexibility index (Phi) is 12.2. The summed E-state index contributed by atoms with van der Waals surface area (Å²) in [6.45, 7) is 31.7. The molecule has 0 aromatic heterocycles. The molecule has 268 valence electrons. The van der Waals surface area contributed by atoms with Gasteiger partial charge in [-0.25, -0.2) is 0 Å². The van der Waals surface area contributed by atoms with Crippen molar-refractivity contribution < 1.29 is 14.7 Å². The number of nitrogens with zero attached hydrogens (tertiary/aromatic N) is 1. The van der Waals surface area contributed by atoms with E-state index in [2.05, 4.69) is 125 Å². The zero-order valence-electron chi connectivity index (χ0n) is 32.8. The van der Waals surface area contributed by atoms with Gasteiger partial charge in [0.25, 0.3) is 5.91 Å². The van der Waals surface area contributed by atoms with Crippen molar-refractivity contribution in [3.05, 3.63) is 71.3 Å². The van der Waals surface area contributed by atoms with Gasteiger partial charge in [0, 0.05) is 18.2 Å². The number of carbonyl (C=O) groups is 2. The molecule has 5 unspecified atom stereocenters. The second-order valence-electron chi connectivity index (χ2n) is 18.5. The maximum absolute atomic E-state index is 13.4. The molecule has 0 heterocycles. The molecule has 0 aliphatic heterocycles. The molecule has 0 bridgehead atoms. The van der Waals surface area contributed by atoms with E-state index < -0.39 is 17.3 Å². The van der Waals surface area contributed by atoms with Crippen LogP contribution in [0, 0.1) is 44.8 Å². The van der Waals surface area contributed by atoms with Crippen LogP contribution in [-0.2, 0) is 11.3 Å². The molecule has 2 N–H and O–H groups in total. The lowest BCUT2D eigenvalue weighted by molar-refractivity contribution is -0.152. The molecule has 2 aromatic carbocycles. The van der Waals surface area contributed by atoms with Crippen LogP contribution in [0.1, 0.15) is 137 Å². The second kappa shape index (κ2) is 14.7. The van der Waals surface area contributed by atoms with Gasteiger partial charge in [-0.2, -0.15) is 0 Å². The Labute approximate surface area is 293 Å². The lowest BCUT2D eigenvalue weighted by Gasteiger charge is -2.56. The standard InChI is InChI=1S/C43H68N2O3/c1-15-45(14)28-30-21-23-31(24-22-30)36(39(3,4)5)27-40(6,7)42(10,11)34-25-33(44-37(46)32-19-17-16-18-20-32)26-35(34)43(12,13)41(8,9)29(2)38(47)48/h16-24,29,33-36H,15,25-28H2,1-14H3,(H,44,46)(H,47,48). The van der Waals surface area contributed by atoms with Gasteiger partial charge in [0.05, 0.1) is 5.92 Å². The third kappa shape index (κ3) is 8.37. The number of amides is 1. The number of hydrogen-bond donors (Lipinski definition) is 2. The molecule has 1 aliphatic rings. The van der Waals surface area contributed by atoms with Crippen LogP contribution in [0.5, 0.6) is 0 Å². The van der Waals surface area contributed by atoms with Crippen LogP contribution in [-0.4, -0.2) is 41.5 Å². The Morgan fingerprint density at radius 3 is 1.83 bits per heavy atom. The van der Waals surface area contributed by atoms with Crippen molar-refractivity contribution in [3.8, 4) is 0 Å². The summed E-state index contributed by atoms with van der Waals surface area (Å²) in [4.78, 5) is 28.1. The number of carboxylic acid groups (broad SMARTS) is 1. The summed E-state index contributed by atoms with van der Waals surface area (Å²) in [5, 5.41) is 13.6. The van der Waals surface area contributed by atoms with E-state index in [-0.39, 0.29) is 45.4 Å². The van der Waals surface area contributed by atoms with Gasteiger partial charge in [0.2, 0.25) is 0 Å². The minimum Gasteiger partial charge on any atom is -0.481 e. The first-order valence-electron chi connectivity index (χ1n) is 18.3. The fraction of sp³-hybridized carbons (Fsp3) is 0.674. The lowest BCUT2D eigenvalue weighted by atomic mass is 9.48. The van der Waals surface area contributed by atoms with Crippen LogP contribution >= 0.6 is 0 Å². The van der Waals surface area contributed by atoms with Crippen LogP contribution in [0.3, 0.4) is 0 Å². The molecule has 0 radical (unpaired) electrons. The van der Waals surface area contributed by atoms with Gasteiger partial charge >= 0.3 is 5.97 Å². The highest BCUT2D eigenvalue weighted by Gasteiger charge is 2.58. The van der Waals surface area contributed by atoms with Crippen LogP contribution in [0.15, 0.2) is 54.6 Å². The average Bonchev–Trinajstić information content (AvgIpc) is 3.45. The van der Waals surface area contributed by atoms with Crippen molar-refractivity contribution in [2.24, 2.45) is 44.8 Å². The van der Waals surface area contributed by atoms with E-state index in [0.29, 0.717) is 11.5 Å². The van der Waals surface area contributed by atoms with Gasteiger partial charge in [-0.1, -0.05) is 132 Å². The first-order chi connectivity index (χ1) is 22.0. The zero-order valence-corrected chi connectivity index (χ0v) is 32.8. The van der Waals surface area contributed by atoms with E-state index in [4.69, 9.17) is 0 Å². The third-order valence-corrected chi connectivity index (χ3v) is 13.8. The monoisotopic (exact) mass is 661 g/mol. The summed E-state index contributed by atoms with van der Waals surface area (Å²) in [6, 6.07) is 18.8. The molecular weight excluding hydrogens is 592 g/mol.